The SMILES string of the molecule is CC(C)O[C@@H]1CCN(c2nnc(C3CCCC3)n2C)C1. The molecule has 0 N–H and O–H groups in total. The normalized spacial score (nSPS) is 24.2. The molecule has 20 heavy (non-hydrogen) atoms. The van der Waals surface area contributed by atoms with Crippen LogP contribution < -0.4 is 4.90 Å². The van der Waals surface area contributed by atoms with Gasteiger partial charge in [-0.25, -0.2) is 0 Å². The maximum atomic E-state index is 5.91. The molecule has 1 aliphatic carbocycles. The van der Waals surface area contributed by atoms with Crippen molar-refractivity contribution in [2.24, 2.45) is 7.05 Å². The third-order valence-electron chi connectivity index (χ3n) is 4.50. The van der Waals surface area contributed by atoms with Crippen molar-refractivity contribution in [1.82, 2.24) is 14.8 Å². The van der Waals surface area contributed by atoms with Crippen LogP contribution in [0.25, 0.3) is 0 Å². The molecule has 0 bridgehead atoms. The number of anilines is 1. The summed E-state index contributed by atoms with van der Waals surface area (Å²) in [4.78, 5) is 2.32. The highest BCUT2D eigenvalue weighted by Gasteiger charge is 2.29. The van der Waals surface area contributed by atoms with Gasteiger partial charge in [-0.3, -0.25) is 0 Å². The van der Waals surface area contributed by atoms with Gasteiger partial charge < -0.3 is 14.2 Å². The Bertz CT molecular complexity index is 451. The van der Waals surface area contributed by atoms with Crippen molar-refractivity contribution in [3.05, 3.63) is 5.82 Å². The summed E-state index contributed by atoms with van der Waals surface area (Å²) < 4.78 is 8.11. The molecular formula is C15H26N4O. The largest absolute Gasteiger partial charge is 0.374 e. The van der Waals surface area contributed by atoms with Crippen molar-refractivity contribution in [2.45, 2.75) is 64.1 Å². The van der Waals surface area contributed by atoms with E-state index in [1.54, 1.807) is 0 Å². The number of hydrogen-bond donors (Lipinski definition) is 0. The average molecular weight is 278 g/mol. The third kappa shape index (κ3) is 2.68. The number of nitrogens with zero attached hydrogens (tertiary/aromatic N) is 4. The fourth-order valence-corrected chi connectivity index (χ4v) is 3.55. The van der Waals surface area contributed by atoms with Gasteiger partial charge in [-0.2, -0.15) is 0 Å². The maximum Gasteiger partial charge on any atom is 0.227 e. The molecule has 1 atom stereocenters. The van der Waals surface area contributed by atoms with Crippen molar-refractivity contribution in [1.29, 1.82) is 0 Å². The van der Waals surface area contributed by atoms with Crippen molar-refractivity contribution < 1.29 is 4.74 Å². The second-order valence-corrected chi connectivity index (χ2v) is 6.44. The Hall–Kier alpha value is -1.10. The van der Waals surface area contributed by atoms with E-state index < -0.39 is 0 Å². The standard InChI is InChI=1S/C15H26N4O/c1-11(2)20-13-8-9-19(10-13)15-17-16-14(18(15)3)12-6-4-5-7-12/h11-13H,4-10H2,1-3H3/t13-/m1/s1. The summed E-state index contributed by atoms with van der Waals surface area (Å²) in [6, 6.07) is 0. The van der Waals surface area contributed by atoms with Gasteiger partial charge in [-0.05, 0) is 33.1 Å². The minimum Gasteiger partial charge on any atom is -0.374 e. The fraction of sp³-hybridized carbons (Fsp3) is 0.867. The molecule has 0 radical (unpaired) electrons. The molecule has 1 aliphatic heterocycles. The maximum absolute atomic E-state index is 5.91. The van der Waals surface area contributed by atoms with Crippen LogP contribution in [0, 0.1) is 0 Å². The summed E-state index contributed by atoms with van der Waals surface area (Å²) >= 11 is 0. The third-order valence-corrected chi connectivity index (χ3v) is 4.50. The van der Waals surface area contributed by atoms with E-state index in [1.165, 1.54) is 31.5 Å². The van der Waals surface area contributed by atoms with E-state index in [-0.39, 0.29) is 0 Å². The van der Waals surface area contributed by atoms with Crippen LogP contribution in [-0.2, 0) is 11.8 Å². The van der Waals surface area contributed by atoms with Crippen LogP contribution in [0.1, 0.15) is 57.7 Å². The molecule has 5 heteroatoms. The Labute approximate surface area is 121 Å². The van der Waals surface area contributed by atoms with Crippen LogP contribution >= 0.6 is 0 Å². The minimum absolute atomic E-state index is 0.300. The first-order valence-electron chi connectivity index (χ1n) is 7.95. The van der Waals surface area contributed by atoms with E-state index in [2.05, 4.69) is 40.6 Å². The van der Waals surface area contributed by atoms with Crippen LogP contribution in [0.15, 0.2) is 0 Å². The minimum atomic E-state index is 0.300. The molecule has 1 aromatic rings. The second-order valence-electron chi connectivity index (χ2n) is 6.44. The molecule has 112 valence electrons. The van der Waals surface area contributed by atoms with E-state index in [1.807, 2.05) is 0 Å². The lowest BCUT2D eigenvalue weighted by molar-refractivity contribution is 0.0210. The second kappa shape index (κ2) is 5.72. The zero-order valence-electron chi connectivity index (χ0n) is 12.9. The predicted molar refractivity (Wildman–Crippen MR) is 79.1 cm³/mol. The molecule has 5 nitrogen and oxygen atoms in total. The molecule has 2 aliphatic rings. The number of rotatable bonds is 4. The van der Waals surface area contributed by atoms with Gasteiger partial charge in [-0.15, -0.1) is 10.2 Å². The smallest absolute Gasteiger partial charge is 0.227 e. The molecule has 0 unspecified atom stereocenters. The van der Waals surface area contributed by atoms with Gasteiger partial charge in [0.25, 0.3) is 0 Å². The highest BCUT2D eigenvalue weighted by molar-refractivity contribution is 5.33. The highest BCUT2D eigenvalue weighted by atomic mass is 16.5. The van der Waals surface area contributed by atoms with Gasteiger partial charge in [0.2, 0.25) is 5.95 Å². The lowest BCUT2D eigenvalue weighted by atomic mass is 10.1. The van der Waals surface area contributed by atoms with Crippen molar-refractivity contribution >= 4 is 5.95 Å². The average Bonchev–Trinajstić information content (AvgIpc) is 3.08. The molecule has 0 aromatic carbocycles. The van der Waals surface area contributed by atoms with Crippen molar-refractivity contribution in [2.75, 3.05) is 18.0 Å². The molecule has 1 aromatic heterocycles. The zero-order valence-corrected chi connectivity index (χ0v) is 12.9. The molecule has 1 saturated carbocycles. The van der Waals surface area contributed by atoms with E-state index in [0.29, 0.717) is 18.1 Å². The quantitative estimate of drug-likeness (QED) is 0.848. The lowest BCUT2D eigenvalue weighted by Crippen LogP contribution is -2.26. The summed E-state index contributed by atoms with van der Waals surface area (Å²) in [7, 11) is 2.11. The first-order valence-corrected chi connectivity index (χ1v) is 7.95. The first-order chi connectivity index (χ1) is 9.65. The van der Waals surface area contributed by atoms with Crippen molar-refractivity contribution in [3.8, 4) is 0 Å². The van der Waals surface area contributed by atoms with Gasteiger partial charge in [0.15, 0.2) is 0 Å². The first kappa shape index (κ1) is 13.9. The molecule has 2 heterocycles. The molecule has 1 saturated heterocycles. The van der Waals surface area contributed by atoms with E-state index >= 15 is 0 Å². The lowest BCUT2D eigenvalue weighted by Gasteiger charge is -2.19. The van der Waals surface area contributed by atoms with E-state index in [4.69, 9.17) is 4.74 Å². The van der Waals surface area contributed by atoms with Gasteiger partial charge in [0.1, 0.15) is 5.82 Å². The summed E-state index contributed by atoms with van der Waals surface area (Å²) in [5.41, 5.74) is 0. The Kier molecular flexibility index (Phi) is 3.96. The summed E-state index contributed by atoms with van der Waals surface area (Å²) in [6.07, 6.45) is 6.93. The summed E-state index contributed by atoms with van der Waals surface area (Å²) in [6.45, 7) is 6.16. The van der Waals surface area contributed by atoms with Crippen LogP contribution in [0.4, 0.5) is 5.95 Å². The van der Waals surface area contributed by atoms with Gasteiger partial charge in [0, 0.05) is 26.1 Å². The molecule has 0 spiro atoms. The van der Waals surface area contributed by atoms with Crippen LogP contribution in [0.5, 0.6) is 0 Å². The Balaban J connectivity index is 1.69. The highest BCUT2D eigenvalue weighted by Crippen LogP contribution is 2.34. The van der Waals surface area contributed by atoms with E-state index in [0.717, 1.165) is 25.5 Å². The predicted octanol–water partition coefficient (Wildman–Crippen LogP) is 2.48. The zero-order chi connectivity index (χ0) is 14.1. The Morgan fingerprint density at radius 2 is 1.90 bits per heavy atom. The fourth-order valence-electron chi connectivity index (χ4n) is 3.55. The monoisotopic (exact) mass is 278 g/mol. The van der Waals surface area contributed by atoms with Crippen LogP contribution in [0.3, 0.4) is 0 Å². The molecule has 3 rings (SSSR count). The summed E-state index contributed by atoms with van der Waals surface area (Å²) in [5, 5.41) is 8.90. The van der Waals surface area contributed by atoms with Crippen molar-refractivity contribution in [3.63, 3.8) is 0 Å². The summed E-state index contributed by atoms with van der Waals surface area (Å²) in [5.74, 6) is 2.80. The van der Waals surface area contributed by atoms with Gasteiger partial charge in [-0.1, -0.05) is 12.8 Å². The van der Waals surface area contributed by atoms with E-state index in [9.17, 15) is 0 Å². The number of hydrogen-bond acceptors (Lipinski definition) is 4. The Morgan fingerprint density at radius 3 is 2.60 bits per heavy atom. The molecule has 0 amide bonds. The molecular weight excluding hydrogens is 252 g/mol. The molecule has 2 fully saturated rings. The van der Waals surface area contributed by atoms with Crippen LogP contribution in [-0.4, -0.2) is 40.1 Å². The van der Waals surface area contributed by atoms with Gasteiger partial charge >= 0.3 is 0 Å². The number of ether oxygens (including phenoxy) is 1. The number of aromatic nitrogens is 3. The van der Waals surface area contributed by atoms with Gasteiger partial charge in [0.05, 0.1) is 12.2 Å². The Morgan fingerprint density at radius 1 is 1.15 bits per heavy atom. The van der Waals surface area contributed by atoms with Crippen LogP contribution in [0.2, 0.25) is 0 Å². The topological polar surface area (TPSA) is 43.2 Å².